The summed E-state index contributed by atoms with van der Waals surface area (Å²) in [6, 6.07) is 4.68. The summed E-state index contributed by atoms with van der Waals surface area (Å²) in [6.45, 7) is 2.47. The van der Waals surface area contributed by atoms with Gasteiger partial charge >= 0.3 is 5.97 Å². The zero-order valence-electron chi connectivity index (χ0n) is 11.9. The van der Waals surface area contributed by atoms with Gasteiger partial charge in [0.05, 0.1) is 5.56 Å². The largest absolute Gasteiger partial charge is 0.507 e. The summed E-state index contributed by atoms with van der Waals surface area (Å²) in [4.78, 5) is 22.5. The molecule has 1 rings (SSSR count). The fourth-order valence-corrected chi connectivity index (χ4v) is 2.42. The molecule has 0 fully saturated rings. The first-order chi connectivity index (χ1) is 9.93. The Bertz CT molecular complexity index is 504. The molecule has 1 aromatic carbocycles. The molecule has 0 aliphatic carbocycles. The van der Waals surface area contributed by atoms with E-state index in [1.807, 2.05) is 6.92 Å². The number of carboxylic acids is 1. The molecule has 0 saturated carbocycles. The van der Waals surface area contributed by atoms with Crippen LogP contribution in [0.2, 0.25) is 0 Å². The van der Waals surface area contributed by atoms with Crippen LogP contribution in [0, 0.1) is 5.92 Å². The van der Waals surface area contributed by atoms with E-state index in [0.29, 0.717) is 13.0 Å². The van der Waals surface area contributed by atoms with Gasteiger partial charge in [0.25, 0.3) is 5.91 Å². The fourth-order valence-electron chi connectivity index (χ4n) is 2.06. The molecular formula is C15H20BrNO4. The van der Waals surface area contributed by atoms with Gasteiger partial charge in [0, 0.05) is 17.4 Å². The van der Waals surface area contributed by atoms with Crippen LogP contribution in [0.3, 0.4) is 0 Å². The van der Waals surface area contributed by atoms with Gasteiger partial charge in [0.1, 0.15) is 5.75 Å². The van der Waals surface area contributed by atoms with Crippen molar-refractivity contribution in [3.63, 3.8) is 0 Å². The lowest BCUT2D eigenvalue weighted by molar-refractivity contribution is -0.137. The number of hydrogen-bond acceptors (Lipinski definition) is 3. The Morgan fingerprint density at radius 2 is 2.05 bits per heavy atom. The SMILES string of the molecule is CCC(CCNC(=O)c1cc(Br)ccc1O)CCC(=O)O. The highest BCUT2D eigenvalue weighted by Crippen LogP contribution is 2.22. The van der Waals surface area contributed by atoms with E-state index in [9.17, 15) is 14.7 Å². The van der Waals surface area contributed by atoms with Gasteiger partial charge in [-0.1, -0.05) is 29.3 Å². The van der Waals surface area contributed by atoms with Gasteiger partial charge in [-0.05, 0) is 37.0 Å². The summed E-state index contributed by atoms with van der Waals surface area (Å²) < 4.78 is 0.721. The summed E-state index contributed by atoms with van der Waals surface area (Å²) in [5, 5.41) is 21.1. The number of carbonyl (C=O) groups is 2. The van der Waals surface area contributed by atoms with Crippen molar-refractivity contribution in [1.29, 1.82) is 0 Å². The van der Waals surface area contributed by atoms with E-state index in [2.05, 4.69) is 21.2 Å². The summed E-state index contributed by atoms with van der Waals surface area (Å²) >= 11 is 3.25. The highest BCUT2D eigenvalue weighted by molar-refractivity contribution is 9.10. The van der Waals surface area contributed by atoms with E-state index in [-0.39, 0.29) is 29.6 Å². The predicted molar refractivity (Wildman–Crippen MR) is 83.4 cm³/mol. The molecule has 0 aromatic heterocycles. The normalized spacial score (nSPS) is 11.9. The van der Waals surface area contributed by atoms with Gasteiger partial charge in [-0.2, -0.15) is 0 Å². The van der Waals surface area contributed by atoms with Crippen molar-refractivity contribution in [3.05, 3.63) is 28.2 Å². The van der Waals surface area contributed by atoms with E-state index in [1.54, 1.807) is 12.1 Å². The van der Waals surface area contributed by atoms with Crippen LogP contribution in [0.15, 0.2) is 22.7 Å². The third-order valence-electron chi connectivity index (χ3n) is 3.39. The number of aliphatic carboxylic acids is 1. The number of amides is 1. The number of benzene rings is 1. The van der Waals surface area contributed by atoms with Crippen LogP contribution >= 0.6 is 15.9 Å². The summed E-state index contributed by atoms with van der Waals surface area (Å²) in [5.74, 6) is -0.912. The second-order valence-electron chi connectivity index (χ2n) is 4.91. The molecule has 0 spiro atoms. The topological polar surface area (TPSA) is 86.6 Å². The maximum Gasteiger partial charge on any atom is 0.303 e. The van der Waals surface area contributed by atoms with Crippen molar-refractivity contribution in [2.24, 2.45) is 5.92 Å². The van der Waals surface area contributed by atoms with Crippen molar-refractivity contribution in [2.45, 2.75) is 32.6 Å². The summed E-state index contributed by atoms with van der Waals surface area (Å²) in [6.07, 6.45) is 2.37. The maximum absolute atomic E-state index is 12.0. The molecule has 0 aliphatic heterocycles. The first-order valence-electron chi connectivity index (χ1n) is 6.92. The van der Waals surface area contributed by atoms with Crippen LogP contribution < -0.4 is 5.32 Å². The van der Waals surface area contributed by atoms with E-state index >= 15 is 0 Å². The molecule has 1 aromatic rings. The number of hydrogen-bond donors (Lipinski definition) is 3. The zero-order chi connectivity index (χ0) is 15.8. The van der Waals surface area contributed by atoms with Gasteiger partial charge < -0.3 is 15.5 Å². The van der Waals surface area contributed by atoms with Crippen LogP contribution in [-0.2, 0) is 4.79 Å². The van der Waals surface area contributed by atoms with Crippen molar-refractivity contribution in [1.82, 2.24) is 5.32 Å². The Balaban J connectivity index is 2.45. The zero-order valence-corrected chi connectivity index (χ0v) is 13.5. The highest BCUT2D eigenvalue weighted by Gasteiger charge is 2.13. The third-order valence-corrected chi connectivity index (χ3v) is 3.88. The van der Waals surface area contributed by atoms with Crippen molar-refractivity contribution < 1.29 is 19.8 Å². The third kappa shape index (κ3) is 6.16. The van der Waals surface area contributed by atoms with Crippen LogP contribution in [0.25, 0.3) is 0 Å². The highest BCUT2D eigenvalue weighted by atomic mass is 79.9. The van der Waals surface area contributed by atoms with Crippen molar-refractivity contribution in [3.8, 4) is 5.75 Å². The number of phenols is 1. The predicted octanol–water partition coefficient (Wildman–Crippen LogP) is 3.17. The van der Waals surface area contributed by atoms with Crippen LogP contribution in [0.4, 0.5) is 0 Å². The van der Waals surface area contributed by atoms with Crippen molar-refractivity contribution in [2.75, 3.05) is 6.54 Å². The van der Waals surface area contributed by atoms with Crippen LogP contribution in [0.1, 0.15) is 43.0 Å². The van der Waals surface area contributed by atoms with E-state index < -0.39 is 5.97 Å². The molecule has 116 valence electrons. The van der Waals surface area contributed by atoms with Crippen LogP contribution in [0.5, 0.6) is 5.75 Å². The number of carbonyl (C=O) groups excluding carboxylic acids is 1. The van der Waals surface area contributed by atoms with E-state index in [4.69, 9.17) is 5.11 Å². The molecule has 0 radical (unpaired) electrons. The van der Waals surface area contributed by atoms with Crippen molar-refractivity contribution >= 4 is 27.8 Å². The maximum atomic E-state index is 12.0. The van der Waals surface area contributed by atoms with Gasteiger partial charge in [-0.15, -0.1) is 0 Å². The minimum absolute atomic E-state index is 0.0615. The monoisotopic (exact) mass is 357 g/mol. The number of phenolic OH excluding ortho intramolecular Hbond substituents is 1. The lowest BCUT2D eigenvalue weighted by Crippen LogP contribution is -2.26. The molecule has 0 saturated heterocycles. The minimum atomic E-state index is -0.795. The molecule has 6 heteroatoms. The fraction of sp³-hybridized carbons (Fsp3) is 0.467. The van der Waals surface area contributed by atoms with Crippen LogP contribution in [-0.4, -0.2) is 28.6 Å². The number of carboxylic acid groups (broad SMARTS) is 1. The number of rotatable bonds is 8. The summed E-state index contributed by atoms with van der Waals surface area (Å²) in [5.41, 5.74) is 0.225. The second kappa shape index (κ2) is 8.67. The minimum Gasteiger partial charge on any atom is -0.507 e. The quantitative estimate of drug-likeness (QED) is 0.666. The molecule has 5 nitrogen and oxygen atoms in total. The molecule has 1 unspecified atom stereocenters. The molecule has 3 N–H and O–H groups in total. The first-order valence-corrected chi connectivity index (χ1v) is 7.71. The van der Waals surface area contributed by atoms with E-state index in [0.717, 1.165) is 17.3 Å². The van der Waals surface area contributed by atoms with E-state index in [1.165, 1.54) is 6.07 Å². The Morgan fingerprint density at radius 1 is 1.33 bits per heavy atom. The Kier molecular flexibility index (Phi) is 7.22. The molecule has 0 aliphatic rings. The first kappa shape index (κ1) is 17.5. The van der Waals surface area contributed by atoms with Gasteiger partial charge in [0.15, 0.2) is 0 Å². The molecule has 1 atom stereocenters. The standard InChI is InChI=1S/C15H20BrNO4/c1-2-10(3-6-14(19)20)7-8-17-15(21)12-9-11(16)4-5-13(12)18/h4-5,9-10,18H,2-3,6-8H2,1H3,(H,17,21)(H,19,20). The molecule has 1 amide bonds. The van der Waals surface area contributed by atoms with Gasteiger partial charge in [-0.3, -0.25) is 9.59 Å². The Morgan fingerprint density at radius 3 is 2.67 bits per heavy atom. The second-order valence-corrected chi connectivity index (χ2v) is 5.83. The average Bonchev–Trinajstić information content (AvgIpc) is 2.44. The molecular weight excluding hydrogens is 338 g/mol. The lowest BCUT2D eigenvalue weighted by atomic mass is 9.96. The summed E-state index contributed by atoms with van der Waals surface area (Å²) in [7, 11) is 0. The number of halogens is 1. The Labute approximate surface area is 132 Å². The molecule has 0 bridgehead atoms. The average molecular weight is 358 g/mol. The smallest absolute Gasteiger partial charge is 0.303 e. The molecule has 21 heavy (non-hydrogen) atoms. The Hall–Kier alpha value is -1.56. The van der Waals surface area contributed by atoms with Gasteiger partial charge in [0.2, 0.25) is 0 Å². The number of aromatic hydroxyl groups is 1. The lowest BCUT2D eigenvalue weighted by Gasteiger charge is -2.14. The molecule has 0 heterocycles. The number of nitrogens with one attached hydrogen (secondary N) is 1. The van der Waals surface area contributed by atoms with Gasteiger partial charge in [-0.25, -0.2) is 0 Å².